The minimum Gasteiger partial charge on any atom is -0.445 e. The molecule has 1 saturated heterocycles. The Morgan fingerprint density at radius 2 is 1.96 bits per heavy atom. The standard InChI is InChI=1S/C16H28N2O5/c1-5-10-22-13(20)17-11-16(12-19)6-8-18(9-7-16)14(21)23-15(2,3)4/h5,19H,1,6-12H2,2-4H3,(H,17,20). The predicted molar refractivity (Wildman–Crippen MR) is 86.1 cm³/mol. The Labute approximate surface area is 137 Å². The summed E-state index contributed by atoms with van der Waals surface area (Å²) >= 11 is 0. The highest BCUT2D eigenvalue weighted by Gasteiger charge is 2.37. The second kappa shape index (κ2) is 8.19. The van der Waals surface area contributed by atoms with Crippen molar-refractivity contribution >= 4 is 12.2 Å². The summed E-state index contributed by atoms with van der Waals surface area (Å²) in [6.45, 7) is 10.3. The van der Waals surface area contributed by atoms with Crippen LogP contribution in [0.25, 0.3) is 0 Å². The Hall–Kier alpha value is -1.76. The van der Waals surface area contributed by atoms with Crippen LogP contribution in [0.1, 0.15) is 33.6 Å². The summed E-state index contributed by atoms with van der Waals surface area (Å²) in [5.41, 5.74) is -0.967. The number of carbonyl (C=O) groups excluding carboxylic acids is 2. The van der Waals surface area contributed by atoms with Gasteiger partial charge in [-0.15, -0.1) is 0 Å². The Morgan fingerprint density at radius 3 is 2.43 bits per heavy atom. The van der Waals surface area contributed by atoms with Crippen molar-refractivity contribution in [1.29, 1.82) is 0 Å². The van der Waals surface area contributed by atoms with Crippen molar-refractivity contribution < 1.29 is 24.2 Å². The first-order chi connectivity index (χ1) is 10.7. The molecule has 0 aromatic rings. The summed E-state index contributed by atoms with van der Waals surface area (Å²) in [7, 11) is 0. The van der Waals surface area contributed by atoms with E-state index in [9.17, 15) is 14.7 Å². The van der Waals surface area contributed by atoms with Crippen molar-refractivity contribution in [2.45, 2.75) is 39.2 Å². The largest absolute Gasteiger partial charge is 0.445 e. The quantitative estimate of drug-likeness (QED) is 0.753. The van der Waals surface area contributed by atoms with Crippen molar-refractivity contribution in [2.75, 3.05) is 32.8 Å². The van der Waals surface area contributed by atoms with Gasteiger partial charge in [0.1, 0.15) is 12.2 Å². The molecule has 2 amide bonds. The van der Waals surface area contributed by atoms with E-state index < -0.39 is 17.1 Å². The maximum Gasteiger partial charge on any atom is 0.410 e. The van der Waals surface area contributed by atoms with E-state index in [-0.39, 0.29) is 19.3 Å². The summed E-state index contributed by atoms with van der Waals surface area (Å²) in [4.78, 5) is 25.2. The smallest absolute Gasteiger partial charge is 0.410 e. The molecular weight excluding hydrogens is 300 g/mol. The Balaban J connectivity index is 2.48. The molecule has 0 aromatic heterocycles. The summed E-state index contributed by atoms with van der Waals surface area (Å²) in [6.07, 6.45) is 1.78. The van der Waals surface area contributed by atoms with Crippen molar-refractivity contribution in [3.05, 3.63) is 12.7 Å². The molecule has 0 atom stereocenters. The zero-order valence-corrected chi connectivity index (χ0v) is 14.3. The fourth-order valence-electron chi connectivity index (χ4n) is 2.33. The number of aliphatic hydroxyl groups excluding tert-OH is 1. The first-order valence-corrected chi connectivity index (χ1v) is 7.82. The molecule has 0 saturated carbocycles. The van der Waals surface area contributed by atoms with Crippen LogP contribution in [0.5, 0.6) is 0 Å². The number of alkyl carbamates (subject to hydrolysis) is 1. The van der Waals surface area contributed by atoms with Gasteiger partial charge < -0.3 is 24.8 Å². The van der Waals surface area contributed by atoms with Crippen LogP contribution >= 0.6 is 0 Å². The van der Waals surface area contributed by atoms with Gasteiger partial charge in [-0.05, 0) is 33.6 Å². The maximum atomic E-state index is 12.0. The Kier molecular flexibility index (Phi) is 6.87. The van der Waals surface area contributed by atoms with E-state index in [4.69, 9.17) is 9.47 Å². The lowest BCUT2D eigenvalue weighted by Crippen LogP contribution is -2.50. The van der Waals surface area contributed by atoms with Crippen molar-refractivity contribution in [2.24, 2.45) is 5.41 Å². The van der Waals surface area contributed by atoms with Crippen LogP contribution in [0.15, 0.2) is 12.7 Å². The van der Waals surface area contributed by atoms with Crippen LogP contribution in [0.3, 0.4) is 0 Å². The minimum absolute atomic E-state index is 0.0586. The minimum atomic E-state index is -0.535. The monoisotopic (exact) mass is 328 g/mol. The van der Waals surface area contributed by atoms with Crippen LogP contribution in [0, 0.1) is 5.41 Å². The normalized spacial score (nSPS) is 17.3. The van der Waals surface area contributed by atoms with E-state index in [1.807, 2.05) is 20.8 Å². The van der Waals surface area contributed by atoms with Gasteiger partial charge in [0.2, 0.25) is 0 Å². The predicted octanol–water partition coefficient (Wildman–Crippen LogP) is 1.91. The van der Waals surface area contributed by atoms with E-state index in [2.05, 4.69) is 11.9 Å². The third-order valence-electron chi connectivity index (χ3n) is 3.75. The number of aliphatic hydroxyl groups is 1. The lowest BCUT2D eigenvalue weighted by molar-refractivity contribution is -0.000177. The summed E-state index contributed by atoms with van der Waals surface area (Å²) in [5, 5.41) is 12.4. The van der Waals surface area contributed by atoms with Crippen molar-refractivity contribution in [1.82, 2.24) is 10.2 Å². The maximum absolute atomic E-state index is 12.0. The van der Waals surface area contributed by atoms with Gasteiger partial charge in [-0.3, -0.25) is 0 Å². The number of hydrogen-bond acceptors (Lipinski definition) is 5. The van der Waals surface area contributed by atoms with Crippen LogP contribution < -0.4 is 5.32 Å². The van der Waals surface area contributed by atoms with Gasteiger partial charge in [0, 0.05) is 25.0 Å². The van der Waals surface area contributed by atoms with Crippen molar-refractivity contribution in [3.63, 3.8) is 0 Å². The highest BCUT2D eigenvalue weighted by Crippen LogP contribution is 2.31. The zero-order valence-electron chi connectivity index (χ0n) is 14.3. The van der Waals surface area contributed by atoms with Crippen molar-refractivity contribution in [3.8, 4) is 0 Å². The highest BCUT2D eigenvalue weighted by molar-refractivity contribution is 5.68. The molecular formula is C16H28N2O5. The number of hydrogen-bond donors (Lipinski definition) is 2. The van der Waals surface area contributed by atoms with E-state index in [1.54, 1.807) is 4.90 Å². The number of nitrogens with zero attached hydrogens (tertiary/aromatic N) is 1. The highest BCUT2D eigenvalue weighted by atomic mass is 16.6. The van der Waals surface area contributed by atoms with Crippen LogP contribution in [0.2, 0.25) is 0 Å². The molecule has 0 radical (unpaired) electrons. The molecule has 1 aliphatic heterocycles. The molecule has 1 fully saturated rings. The fraction of sp³-hybridized carbons (Fsp3) is 0.750. The van der Waals surface area contributed by atoms with E-state index in [0.29, 0.717) is 32.5 Å². The molecule has 1 aliphatic rings. The summed E-state index contributed by atoms with van der Waals surface area (Å²) in [5.74, 6) is 0. The number of rotatable bonds is 5. The van der Waals surface area contributed by atoms with Crippen LogP contribution in [-0.4, -0.2) is 60.6 Å². The molecule has 7 nitrogen and oxygen atoms in total. The lowest BCUT2D eigenvalue weighted by atomic mass is 9.79. The fourth-order valence-corrected chi connectivity index (χ4v) is 2.33. The number of nitrogens with one attached hydrogen (secondary N) is 1. The van der Waals surface area contributed by atoms with Gasteiger partial charge in [-0.25, -0.2) is 9.59 Å². The molecule has 1 rings (SSSR count). The Bertz CT molecular complexity index is 423. The molecule has 0 aromatic carbocycles. The first-order valence-electron chi connectivity index (χ1n) is 7.82. The third-order valence-corrected chi connectivity index (χ3v) is 3.75. The average Bonchev–Trinajstić information content (AvgIpc) is 2.49. The second-order valence-corrected chi connectivity index (χ2v) is 6.87. The van der Waals surface area contributed by atoms with E-state index in [0.717, 1.165) is 0 Å². The molecule has 23 heavy (non-hydrogen) atoms. The van der Waals surface area contributed by atoms with Gasteiger partial charge in [-0.1, -0.05) is 12.7 Å². The number of piperidine rings is 1. The number of ether oxygens (including phenoxy) is 2. The van der Waals surface area contributed by atoms with E-state index in [1.165, 1.54) is 6.08 Å². The molecule has 0 bridgehead atoms. The molecule has 1 heterocycles. The van der Waals surface area contributed by atoms with Gasteiger partial charge >= 0.3 is 12.2 Å². The van der Waals surface area contributed by atoms with Gasteiger partial charge in [0.15, 0.2) is 0 Å². The van der Waals surface area contributed by atoms with Gasteiger partial charge in [-0.2, -0.15) is 0 Å². The molecule has 7 heteroatoms. The molecule has 2 N–H and O–H groups in total. The van der Waals surface area contributed by atoms with Gasteiger partial charge in [0.25, 0.3) is 0 Å². The summed E-state index contributed by atoms with van der Waals surface area (Å²) in [6, 6.07) is 0. The molecule has 0 unspecified atom stereocenters. The third kappa shape index (κ3) is 6.48. The lowest BCUT2D eigenvalue weighted by Gasteiger charge is -2.40. The average molecular weight is 328 g/mol. The molecule has 0 spiro atoms. The summed E-state index contributed by atoms with van der Waals surface area (Å²) < 4.78 is 10.2. The number of amides is 2. The Morgan fingerprint density at radius 1 is 1.35 bits per heavy atom. The topological polar surface area (TPSA) is 88.1 Å². The van der Waals surface area contributed by atoms with Crippen LogP contribution in [0.4, 0.5) is 9.59 Å². The van der Waals surface area contributed by atoms with Crippen LogP contribution in [-0.2, 0) is 9.47 Å². The number of carbonyl (C=O) groups is 2. The molecule has 0 aliphatic carbocycles. The SMILES string of the molecule is C=CCOC(=O)NCC1(CO)CCN(C(=O)OC(C)(C)C)CC1. The van der Waals surface area contributed by atoms with Gasteiger partial charge in [0.05, 0.1) is 6.61 Å². The zero-order chi connectivity index (χ0) is 17.5. The van der Waals surface area contributed by atoms with E-state index >= 15 is 0 Å². The number of likely N-dealkylation sites (tertiary alicyclic amines) is 1. The second-order valence-electron chi connectivity index (χ2n) is 6.87. The first kappa shape index (κ1) is 19.3. The molecule has 132 valence electrons.